The number of rotatable bonds is 2. The highest BCUT2D eigenvalue weighted by molar-refractivity contribution is 6.14. The smallest absolute Gasteiger partial charge is 0.191 e. The average Bonchev–Trinajstić information content (AvgIpc) is 2.91. The molecule has 0 unspecified atom stereocenters. The standard InChI is InChI=1S/C10H10N2O/c11-7-3-4-9(12)8(5-7)10(13)6-1-2-6/h1,3-5H,2,11-12H2. The number of nitrogen functional groups attached to an aromatic ring is 2. The molecule has 1 aliphatic rings. The molecule has 1 aliphatic carbocycles. The fraction of sp³-hybridized carbons (Fsp3) is 0.100. The van der Waals surface area contributed by atoms with Crippen LogP contribution in [0.15, 0.2) is 29.8 Å². The molecule has 0 spiro atoms. The van der Waals surface area contributed by atoms with Crippen molar-refractivity contribution >= 4 is 17.2 Å². The lowest BCUT2D eigenvalue weighted by Gasteiger charge is -2.02. The van der Waals surface area contributed by atoms with Gasteiger partial charge in [-0.15, -0.1) is 0 Å². The van der Waals surface area contributed by atoms with Crippen LogP contribution in [0.25, 0.3) is 0 Å². The number of benzene rings is 1. The average molecular weight is 174 g/mol. The van der Waals surface area contributed by atoms with Gasteiger partial charge in [0, 0.05) is 22.5 Å². The van der Waals surface area contributed by atoms with Crippen LogP contribution in [0.4, 0.5) is 11.4 Å². The molecule has 0 heterocycles. The van der Waals surface area contributed by atoms with E-state index in [9.17, 15) is 4.79 Å². The van der Waals surface area contributed by atoms with Gasteiger partial charge in [-0.2, -0.15) is 0 Å². The van der Waals surface area contributed by atoms with Crippen molar-refractivity contribution in [1.82, 2.24) is 0 Å². The van der Waals surface area contributed by atoms with Crippen LogP contribution in [0.3, 0.4) is 0 Å². The van der Waals surface area contributed by atoms with Crippen molar-refractivity contribution < 1.29 is 4.79 Å². The minimum atomic E-state index is 0.00444. The van der Waals surface area contributed by atoms with E-state index in [4.69, 9.17) is 11.5 Å². The molecule has 0 radical (unpaired) electrons. The molecule has 0 saturated heterocycles. The Morgan fingerprint density at radius 1 is 1.31 bits per heavy atom. The Hall–Kier alpha value is -1.77. The topological polar surface area (TPSA) is 69.1 Å². The molecule has 1 aromatic rings. The third-order valence-electron chi connectivity index (χ3n) is 2.02. The first-order valence-electron chi connectivity index (χ1n) is 4.07. The van der Waals surface area contributed by atoms with E-state index in [-0.39, 0.29) is 5.78 Å². The molecule has 0 bridgehead atoms. The normalized spacial score (nSPS) is 13.7. The van der Waals surface area contributed by atoms with Crippen LogP contribution in [0.5, 0.6) is 0 Å². The SMILES string of the molecule is Nc1ccc(N)c(C(=O)C2=CC2)c1. The van der Waals surface area contributed by atoms with Crippen molar-refractivity contribution in [2.75, 3.05) is 11.5 Å². The zero-order valence-corrected chi connectivity index (χ0v) is 7.08. The number of anilines is 2. The molecule has 2 rings (SSSR count). The predicted molar refractivity (Wildman–Crippen MR) is 52.3 cm³/mol. The van der Waals surface area contributed by atoms with Gasteiger partial charge in [0.1, 0.15) is 0 Å². The van der Waals surface area contributed by atoms with Gasteiger partial charge in [-0.05, 0) is 24.6 Å². The molecule has 0 aliphatic heterocycles. The molecule has 0 amide bonds. The first kappa shape index (κ1) is 7.86. The Morgan fingerprint density at radius 3 is 2.62 bits per heavy atom. The largest absolute Gasteiger partial charge is 0.399 e. The van der Waals surface area contributed by atoms with Gasteiger partial charge in [0.05, 0.1) is 0 Å². The highest BCUT2D eigenvalue weighted by Gasteiger charge is 2.20. The summed E-state index contributed by atoms with van der Waals surface area (Å²) in [5.41, 5.74) is 13.6. The Morgan fingerprint density at radius 2 is 2.00 bits per heavy atom. The number of Topliss-reactive ketones (excluding diaryl/α,β-unsaturated/α-hetero) is 1. The number of ketones is 1. The third kappa shape index (κ3) is 1.40. The molecule has 0 aromatic heterocycles. The van der Waals surface area contributed by atoms with Crippen molar-refractivity contribution in [3.63, 3.8) is 0 Å². The van der Waals surface area contributed by atoms with Crippen LogP contribution in [-0.2, 0) is 0 Å². The quantitative estimate of drug-likeness (QED) is 0.525. The summed E-state index contributed by atoms with van der Waals surface area (Å²) in [4.78, 5) is 11.6. The van der Waals surface area contributed by atoms with Crippen molar-refractivity contribution in [2.24, 2.45) is 0 Å². The molecule has 1 aromatic carbocycles. The molecule has 3 nitrogen and oxygen atoms in total. The minimum Gasteiger partial charge on any atom is -0.399 e. The first-order valence-corrected chi connectivity index (χ1v) is 4.07. The van der Waals surface area contributed by atoms with E-state index < -0.39 is 0 Å². The maximum Gasteiger partial charge on any atom is 0.191 e. The lowest BCUT2D eigenvalue weighted by molar-refractivity contribution is 0.103. The molecule has 0 atom stereocenters. The lowest BCUT2D eigenvalue weighted by atomic mass is 10.1. The second kappa shape index (κ2) is 2.62. The van der Waals surface area contributed by atoms with Crippen LogP contribution in [0.2, 0.25) is 0 Å². The summed E-state index contributed by atoms with van der Waals surface area (Å²) in [5, 5.41) is 0. The zero-order valence-electron chi connectivity index (χ0n) is 7.08. The van der Waals surface area contributed by atoms with Crippen LogP contribution in [-0.4, -0.2) is 5.78 Å². The minimum absolute atomic E-state index is 0.00444. The highest BCUT2D eigenvalue weighted by atomic mass is 16.1. The number of carbonyl (C=O) groups is 1. The van der Waals surface area contributed by atoms with Gasteiger partial charge in [0.2, 0.25) is 0 Å². The lowest BCUT2D eigenvalue weighted by Crippen LogP contribution is -2.03. The van der Waals surface area contributed by atoms with E-state index in [2.05, 4.69) is 0 Å². The number of hydrogen-bond acceptors (Lipinski definition) is 3. The van der Waals surface area contributed by atoms with Gasteiger partial charge in [0.25, 0.3) is 0 Å². The molecule has 66 valence electrons. The van der Waals surface area contributed by atoms with E-state index in [0.29, 0.717) is 16.9 Å². The van der Waals surface area contributed by atoms with E-state index in [1.807, 2.05) is 6.08 Å². The number of nitrogens with two attached hydrogens (primary N) is 2. The van der Waals surface area contributed by atoms with Crippen molar-refractivity contribution in [3.05, 3.63) is 35.4 Å². The van der Waals surface area contributed by atoms with Gasteiger partial charge >= 0.3 is 0 Å². The molecule has 0 fully saturated rings. The number of carbonyl (C=O) groups excluding carboxylic acids is 1. The fourth-order valence-electron chi connectivity index (χ4n) is 1.18. The van der Waals surface area contributed by atoms with Crippen LogP contribution in [0, 0.1) is 0 Å². The second-order valence-electron chi connectivity index (χ2n) is 3.11. The van der Waals surface area contributed by atoms with Gasteiger partial charge in [-0.1, -0.05) is 6.08 Å². The van der Waals surface area contributed by atoms with Gasteiger partial charge in [-0.3, -0.25) is 4.79 Å². The maximum absolute atomic E-state index is 11.6. The summed E-state index contributed by atoms with van der Waals surface area (Å²) in [6.07, 6.45) is 2.66. The van der Waals surface area contributed by atoms with Crippen molar-refractivity contribution in [1.29, 1.82) is 0 Å². The summed E-state index contributed by atoms with van der Waals surface area (Å²) in [6, 6.07) is 4.97. The van der Waals surface area contributed by atoms with Crippen molar-refractivity contribution in [3.8, 4) is 0 Å². The predicted octanol–water partition coefficient (Wildman–Crippen LogP) is 1.36. The fourth-order valence-corrected chi connectivity index (χ4v) is 1.18. The van der Waals surface area contributed by atoms with E-state index in [0.717, 1.165) is 12.0 Å². The maximum atomic E-state index is 11.6. The van der Waals surface area contributed by atoms with Crippen molar-refractivity contribution in [2.45, 2.75) is 6.42 Å². The number of allylic oxidation sites excluding steroid dienone is 2. The Balaban J connectivity index is 2.43. The Labute approximate surface area is 76.0 Å². The summed E-state index contributed by atoms with van der Waals surface area (Å²) < 4.78 is 0. The van der Waals surface area contributed by atoms with E-state index >= 15 is 0 Å². The van der Waals surface area contributed by atoms with E-state index in [1.54, 1.807) is 18.2 Å². The summed E-state index contributed by atoms with van der Waals surface area (Å²) in [6.45, 7) is 0. The molecular formula is C10H10N2O. The molecule has 3 heteroatoms. The summed E-state index contributed by atoms with van der Waals surface area (Å²) in [5.74, 6) is 0.00444. The van der Waals surface area contributed by atoms with E-state index in [1.165, 1.54) is 0 Å². The van der Waals surface area contributed by atoms with Gasteiger partial charge in [0.15, 0.2) is 5.78 Å². The summed E-state index contributed by atoms with van der Waals surface area (Å²) >= 11 is 0. The van der Waals surface area contributed by atoms with Crippen LogP contribution in [0.1, 0.15) is 16.8 Å². The highest BCUT2D eigenvalue weighted by Crippen LogP contribution is 2.27. The molecule has 13 heavy (non-hydrogen) atoms. The number of hydrogen-bond donors (Lipinski definition) is 2. The molecule has 4 N–H and O–H groups in total. The Bertz CT molecular complexity index is 407. The first-order chi connectivity index (χ1) is 6.18. The van der Waals surface area contributed by atoms with Crippen LogP contribution < -0.4 is 11.5 Å². The zero-order chi connectivity index (χ0) is 9.42. The Kier molecular flexibility index (Phi) is 1.59. The summed E-state index contributed by atoms with van der Waals surface area (Å²) in [7, 11) is 0. The second-order valence-corrected chi connectivity index (χ2v) is 3.11. The van der Waals surface area contributed by atoms with Crippen LogP contribution >= 0.6 is 0 Å². The third-order valence-corrected chi connectivity index (χ3v) is 2.02. The monoisotopic (exact) mass is 174 g/mol. The van der Waals surface area contributed by atoms with Gasteiger partial charge < -0.3 is 11.5 Å². The molecular weight excluding hydrogens is 164 g/mol. The van der Waals surface area contributed by atoms with Gasteiger partial charge in [-0.25, -0.2) is 0 Å². The molecule has 0 saturated carbocycles.